The van der Waals surface area contributed by atoms with Crippen LogP contribution in [0, 0.1) is 5.41 Å². The lowest BCUT2D eigenvalue weighted by molar-refractivity contribution is -0.146. The highest BCUT2D eigenvalue weighted by Gasteiger charge is 2.30. The molecule has 0 spiro atoms. The minimum Gasteiger partial charge on any atom is -0.497 e. The smallest absolute Gasteiger partial charge is 0.309 e. The molecule has 1 N–H and O–H groups in total. The molecule has 0 atom stereocenters. The maximum Gasteiger partial charge on any atom is 0.309 e. The van der Waals surface area contributed by atoms with E-state index in [0.29, 0.717) is 11.3 Å². The molecule has 1 aromatic rings. The molecule has 0 radical (unpaired) electrons. The number of rotatable bonds is 5. The summed E-state index contributed by atoms with van der Waals surface area (Å²) in [6.45, 7) is 3.08. The Balaban J connectivity index is 2.80. The van der Waals surface area contributed by atoms with Crippen LogP contribution in [0.5, 0.6) is 5.75 Å². The topological polar surface area (TPSA) is 63.6 Å². The van der Waals surface area contributed by atoms with Gasteiger partial charge in [-0.15, -0.1) is 0 Å². The van der Waals surface area contributed by atoms with Gasteiger partial charge in [0, 0.05) is 12.0 Å². The fourth-order valence-corrected chi connectivity index (χ4v) is 1.36. The third kappa shape index (κ3) is 3.31. The fourth-order valence-electron chi connectivity index (χ4n) is 1.36. The Kier molecular flexibility index (Phi) is 3.89. The SMILES string of the molecule is COc1ccc(C(=O)CC(C)(C)C(=O)O)cc1. The van der Waals surface area contributed by atoms with Crippen molar-refractivity contribution in [2.45, 2.75) is 20.3 Å². The number of ketones is 1. The molecule has 0 fully saturated rings. The Morgan fingerprint density at radius 3 is 2.18 bits per heavy atom. The zero-order valence-electron chi connectivity index (χ0n) is 10.2. The maximum absolute atomic E-state index is 11.9. The van der Waals surface area contributed by atoms with Crippen LogP contribution in [0.25, 0.3) is 0 Å². The molecule has 0 amide bonds. The maximum atomic E-state index is 11.9. The first-order chi connectivity index (χ1) is 7.86. The number of carboxylic acid groups (broad SMARTS) is 1. The van der Waals surface area contributed by atoms with Crippen LogP contribution >= 0.6 is 0 Å². The van der Waals surface area contributed by atoms with Crippen LogP contribution in [0.4, 0.5) is 0 Å². The lowest BCUT2D eigenvalue weighted by Gasteiger charge is -2.17. The van der Waals surface area contributed by atoms with E-state index in [0.717, 1.165) is 0 Å². The quantitative estimate of drug-likeness (QED) is 0.797. The molecule has 1 rings (SSSR count). The highest BCUT2D eigenvalue weighted by atomic mass is 16.5. The Morgan fingerprint density at radius 2 is 1.76 bits per heavy atom. The van der Waals surface area contributed by atoms with Crippen molar-refractivity contribution in [3.63, 3.8) is 0 Å². The average Bonchev–Trinajstić information content (AvgIpc) is 2.28. The van der Waals surface area contributed by atoms with Crippen LogP contribution < -0.4 is 4.74 Å². The van der Waals surface area contributed by atoms with Gasteiger partial charge in [0.15, 0.2) is 5.78 Å². The van der Waals surface area contributed by atoms with Gasteiger partial charge in [-0.3, -0.25) is 9.59 Å². The molecule has 0 aromatic heterocycles. The molecule has 4 nitrogen and oxygen atoms in total. The monoisotopic (exact) mass is 236 g/mol. The van der Waals surface area contributed by atoms with Gasteiger partial charge in [0.05, 0.1) is 12.5 Å². The summed E-state index contributed by atoms with van der Waals surface area (Å²) in [7, 11) is 1.55. The number of aliphatic carboxylic acids is 1. The molecular weight excluding hydrogens is 220 g/mol. The molecule has 0 unspecified atom stereocenters. The van der Waals surface area contributed by atoms with Crippen molar-refractivity contribution in [2.75, 3.05) is 7.11 Å². The van der Waals surface area contributed by atoms with Crippen LogP contribution in [0.3, 0.4) is 0 Å². The number of hydrogen-bond acceptors (Lipinski definition) is 3. The summed E-state index contributed by atoms with van der Waals surface area (Å²) in [5.41, 5.74) is -0.545. The van der Waals surface area contributed by atoms with E-state index >= 15 is 0 Å². The molecule has 0 heterocycles. The summed E-state index contributed by atoms with van der Waals surface area (Å²) >= 11 is 0. The molecule has 0 aliphatic rings. The molecule has 17 heavy (non-hydrogen) atoms. The van der Waals surface area contributed by atoms with E-state index in [1.54, 1.807) is 31.4 Å². The first-order valence-corrected chi connectivity index (χ1v) is 5.27. The van der Waals surface area contributed by atoms with Crippen molar-refractivity contribution >= 4 is 11.8 Å². The van der Waals surface area contributed by atoms with Gasteiger partial charge in [-0.05, 0) is 38.1 Å². The van der Waals surface area contributed by atoms with E-state index in [9.17, 15) is 9.59 Å². The third-order valence-electron chi connectivity index (χ3n) is 2.59. The van der Waals surface area contributed by atoms with Gasteiger partial charge >= 0.3 is 5.97 Å². The second kappa shape index (κ2) is 4.99. The Labute approximate surface area is 100 Å². The number of carboxylic acids is 1. The molecule has 0 saturated carbocycles. The summed E-state index contributed by atoms with van der Waals surface area (Å²) in [6, 6.07) is 6.64. The molecule has 92 valence electrons. The van der Waals surface area contributed by atoms with Gasteiger partial charge in [-0.25, -0.2) is 0 Å². The molecular formula is C13H16O4. The van der Waals surface area contributed by atoms with E-state index in [1.165, 1.54) is 13.8 Å². The van der Waals surface area contributed by atoms with Crippen molar-refractivity contribution in [3.8, 4) is 5.75 Å². The van der Waals surface area contributed by atoms with Crippen LogP contribution in [0.1, 0.15) is 30.6 Å². The van der Waals surface area contributed by atoms with Crippen molar-refractivity contribution < 1.29 is 19.4 Å². The van der Waals surface area contributed by atoms with E-state index in [4.69, 9.17) is 9.84 Å². The van der Waals surface area contributed by atoms with Crippen LogP contribution in [-0.4, -0.2) is 24.0 Å². The highest BCUT2D eigenvalue weighted by molar-refractivity contribution is 5.98. The van der Waals surface area contributed by atoms with Crippen molar-refractivity contribution in [1.82, 2.24) is 0 Å². The van der Waals surface area contributed by atoms with Gasteiger partial charge in [-0.1, -0.05) is 0 Å². The number of carbonyl (C=O) groups is 2. The van der Waals surface area contributed by atoms with Gasteiger partial charge in [0.1, 0.15) is 5.75 Å². The van der Waals surface area contributed by atoms with Gasteiger partial charge < -0.3 is 9.84 Å². The predicted molar refractivity (Wildman–Crippen MR) is 63.4 cm³/mol. The predicted octanol–water partition coefficient (Wildman–Crippen LogP) is 2.38. The van der Waals surface area contributed by atoms with Gasteiger partial charge in [0.2, 0.25) is 0 Å². The van der Waals surface area contributed by atoms with E-state index in [1.807, 2.05) is 0 Å². The summed E-state index contributed by atoms with van der Waals surface area (Å²) in [4.78, 5) is 22.8. The molecule has 0 saturated heterocycles. The summed E-state index contributed by atoms with van der Waals surface area (Å²) in [5, 5.41) is 8.95. The molecule has 0 aliphatic heterocycles. The number of Topliss-reactive ketones (excluding diaryl/α,β-unsaturated/α-hetero) is 1. The molecule has 4 heteroatoms. The third-order valence-corrected chi connectivity index (χ3v) is 2.59. The zero-order valence-corrected chi connectivity index (χ0v) is 10.2. The number of ether oxygens (including phenoxy) is 1. The Morgan fingerprint density at radius 1 is 1.24 bits per heavy atom. The Bertz CT molecular complexity index is 418. The van der Waals surface area contributed by atoms with Crippen LogP contribution in [0.15, 0.2) is 24.3 Å². The average molecular weight is 236 g/mol. The lowest BCUT2D eigenvalue weighted by Crippen LogP contribution is -2.26. The minimum absolute atomic E-state index is 0.0192. The van der Waals surface area contributed by atoms with Crippen LogP contribution in [0.2, 0.25) is 0 Å². The van der Waals surface area contributed by atoms with E-state index < -0.39 is 11.4 Å². The lowest BCUT2D eigenvalue weighted by atomic mass is 9.86. The highest BCUT2D eigenvalue weighted by Crippen LogP contribution is 2.23. The standard InChI is InChI=1S/C13H16O4/c1-13(2,12(15)16)8-11(14)9-4-6-10(17-3)7-5-9/h4-7H,8H2,1-3H3,(H,15,16). The van der Waals surface area contributed by atoms with Gasteiger partial charge in [-0.2, -0.15) is 0 Å². The van der Waals surface area contributed by atoms with Crippen LogP contribution in [-0.2, 0) is 4.79 Å². The van der Waals surface area contributed by atoms with Crippen molar-refractivity contribution in [3.05, 3.63) is 29.8 Å². The largest absolute Gasteiger partial charge is 0.497 e. The minimum atomic E-state index is -1.04. The fraction of sp³-hybridized carbons (Fsp3) is 0.385. The number of methoxy groups -OCH3 is 1. The second-order valence-corrected chi connectivity index (χ2v) is 4.52. The first kappa shape index (κ1) is 13.2. The van der Waals surface area contributed by atoms with E-state index in [-0.39, 0.29) is 12.2 Å². The summed E-state index contributed by atoms with van der Waals surface area (Å²) in [6.07, 6.45) is -0.0192. The number of carbonyl (C=O) groups excluding carboxylic acids is 1. The summed E-state index contributed by atoms with van der Waals surface area (Å²) in [5.74, 6) is -0.488. The van der Waals surface area contributed by atoms with E-state index in [2.05, 4.69) is 0 Å². The Hall–Kier alpha value is -1.84. The second-order valence-electron chi connectivity index (χ2n) is 4.52. The van der Waals surface area contributed by atoms with Crippen molar-refractivity contribution in [2.24, 2.45) is 5.41 Å². The molecule has 1 aromatic carbocycles. The molecule has 0 bridgehead atoms. The normalized spacial score (nSPS) is 11.0. The molecule has 0 aliphatic carbocycles. The van der Waals surface area contributed by atoms with Gasteiger partial charge in [0.25, 0.3) is 0 Å². The first-order valence-electron chi connectivity index (χ1n) is 5.27. The number of hydrogen-bond donors (Lipinski definition) is 1. The number of benzene rings is 1. The van der Waals surface area contributed by atoms with Crippen molar-refractivity contribution in [1.29, 1.82) is 0 Å². The summed E-state index contributed by atoms with van der Waals surface area (Å²) < 4.78 is 4.98. The zero-order chi connectivity index (χ0) is 13.1.